The van der Waals surface area contributed by atoms with Crippen molar-refractivity contribution in [1.82, 2.24) is 0 Å². The van der Waals surface area contributed by atoms with Crippen molar-refractivity contribution in [3.8, 4) is 5.75 Å². The summed E-state index contributed by atoms with van der Waals surface area (Å²) in [5.74, 6) is -1.37. The molecular formula is C13H13BrO6. The molecule has 0 unspecified atom stereocenters. The Morgan fingerprint density at radius 2 is 1.85 bits per heavy atom. The minimum absolute atomic E-state index is 0.147. The molecule has 0 bridgehead atoms. The van der Waals surface area contributed by atoms with Gasteiger partial charge in [0.25, 0.3) is 0 Å². The minimum Gasteiger partial charge on any atom is -0.500 e. The van der Waals surface area contributed by atoms with E-state index in [4.69, 9.17) is 9.47 Å². The van der Waals surface area contributed by atoms with Crippen molar-refractivity contribution < 1.29 is 28.5 Å². The first-order valence-corrected chi connectivity index (χ1v) is 6.19. The van der Waals surface area contributed by atoms with Crippen LogP contribution in [0.1, 0.15) is 10.4 Å². The molecule has 0 fully saturated rings. The summed E-state index contributed by atoms with van der Waals surface area (Å²) in [5.41, 5.74) is 0.160. The fourth-order valence-electron chi connectivity index (χ4n) is 1.30. The van der Waals surface area contributed by atoms with Gasteiger partial charge in [0.2, 0.25) is 5.76 Å². The Bertz CT molecular complexity index is 538. The Morgan fingerprint density at radius 3 is 2.40 bits per heavy atom. The molecule has 0 spiro atoms. The van der Waals surface area contributed by atoms with Crippen LogP contribution in [0.2, 0.25) is 0 Å². The average molecular weight is 345 g/mol. The SMILES string of the molecule is COC=C(Oc1ccc(Br)cc1C(=O)OC)C(=O)OC. The molecular weight excluding hydrogens is 332 g/mol. The van der Waals surface area contributed by atoms with Gasteiger partial charge in [0, 0.05) is 4.47 Å². The second-order valence-electron chi connectivity index (χ2n) is 3.44. The molecule has 0 saturated heterocycles. The van der Waals surface area contributed by atoms with Gasteiger partial charge >= 0.3 is 11.9 Å². The molecule has 1 aromatic carbocycles. The fraction of sp³-hybridized carbons (Fsp3) is 0.231. The lowest BCUT2D eigenvalue weighted by Crippen LogP contribution is -2.13. The largest absolute Gasteiger partial charge is 0.500 e. The van der Waals surface area contributed by atoms with Gasteiger partial charge in [0.15, 0.2) is 0 Å². The molecule has 0 aromatic heterocycles. The summed E-state index contributed by atoms with van der Waals surface area (Å²) >= 11 is 3.24. The van der Waals surface area contributed by atoms with Crippen LogP contribution < -0.4 is 4.74 Å². The molecule has 0 saturated carbocycles. The van der Waals surface area contributed by atoms with Gasteiger partial charge in [-0.15, -0.1) is 0 Å². The second-order valence-corrected chi connectivity index (χ2v) is 4.36. The van der Waals surface area contributed by atoms with Crippen LogP contribution in [0, 0.1) is 0 Å². The van der Waals surface area contributed by atoms with Crippen LogP contribution >= 0.6 is 15.9 Å². The topological polar surface area (TPSA) is 71.1 Å². The summed E-state index contributed by atoms with van der Waals surface area (Å²) < 4.78 is 20.0. The Labute approximate surface area is 124 Å². The van der Waals surface area contributed by atoms with Crippen molar-refractivity contribution in [2.45, 2.75) is 0 Å². The highest BCUT2D eigenvalue weighted by molar-refractivity contribution is 9.10. The highest BCUT2D eigenvalue weighted by atomic mass is 79.9. The van der Waals surface area contributed by atoms with Crippen LogP contribution in [0.3, 0.4) is 0 Å². The number of esters is 2. The van der Waals surface area contributed by atoms with Crippen LogP contribution in [0.25, 0.3) is 0 Å². The third-order valence-corrected chi connectivity index (χ3v) is 2.67. The van der Waals surface area contributed by atoms with E-state index in [0.29, 0.717) is 4.47 Å². The van der Waals surface area contributed by atoms with Gasteiger partial charge in [0.1, 0.15) is 17.6 Å². The highest BCUT2D eigenvalue weighted by Gasteiger charge is 2.19. The Balaban J connectivity index is 3.16. The van der Waals surface area contributed by atoms with Crippen LogP contribution in [-0.4, -0.2) is 33.3 Å². The maximum atomic E-state index is 11.7. The summed E-state index contributed by atoms with van der Waals surface area (Å²) in [6, 6.07) is 4.69. The predicted octanol–water partition coefficient (Wildman–Crippen LogP) is 2.28. The lowest BCUT2D eigenvalue weighted by atomic mass is 10.2. The molecule has 1 aromatic rings. The predicted molar refractivity (Wildman–Crippen MR) is 73.2 cm³/mol. The number of halogens is 1. The zero-order chi connectivity index (χ0) is 15.1. The minimum atomic E-state index is -0.731. The summed E-state index contributed by atoms with van der Waals surface area (Å²) in [6.07, 6.45) is 1.08. The third-order valence-electron chi connectivity index (χ3n) is 2.18. The van der Waals surface area contributed by atoms with Crippen molar-refractivity contribution in [2.24, 2.45) is 0 Å². The molecule has 0 aliphatic rings. The van der Waals surface area contributed by atoms with E-state index in [2.05, 4.69) is 25.4 Å². The summed E-state index contributed by atoms with van der Waals surface area (Å²) in [6.45, 7) is 0. The first-order valence-electron chi connectivity index (χ1n) is 5.40. The summed E-state index contributed by atoms with van der Waals surface area (Å²) in [7, 11) is 3.81. The molecule has 0 N–H and O–H groups in total. The maximum Gasteiger partial charge on any atom is 0.377 e. The van der Waals surface area contributed by atoms with Crippen LogP contribution in [0.4, 0.5) is 0 Å². The number of hydrogen-bond donors (Lipinski definition) is 0. The first-order chi connectivity index (χ1) is 9.53. The van der Waals surface area contributed by atoms with Gasteiger partial charge in [-0.05, 0) is 18.2 Å². The van der Waals surface area contributed by atoms with E-state index in [1.54, 1.807) is 6.07 Å². The van der Waals surface area contributed by atoms with Crippen LogP contribution in [0.5, 0.6) is 5.75 Å². The Hall–Kier alpha value is -2.02. The van der Waals surface area contributed by atoms with Crippen molar-refractivity contribution in [3.05, 3.63) is 40.3 Å². The van der Waals surface area contributed by atoms with Gasteiger partial charge in [-0.3, -0.25) is 0 Å². The van der Waals surface area contributed by atoms with Gasteiger partial charge in [-0.2, -0.15) is 0 Å². The average Bonchev–Trinajstić information content (AvgIpc) is 2.46. The van der Waals surface area contributed by atoms with Crippen LogP contribution in [-0.2, 0) is 19.0 Å². The van der Waals surface area contributed by atoms with E-state index in [0.717, 1.165) is 6.26 Å². The third kappa shape index (κ3) is 3.99. The number of carbonyl (C=O) groups excluding carboxylic acids is 2. The molecule has 0 aliphatic heterocycles. The molecule has 7 heteroatoms. The Morgan fingerprint density at radius 1 is 1.15 bits per heavy atom. The van der Waals surface area contributed by atoms with Gasteiger partial charge in [-0.1, -0.05) is 15.9 Å². The monoisotopic (exact) mass is 344 g/mol. The summed E-state index contributed by atoms with van der Waals surface area (Å²) in [4.78, 5) is 23.2. The van der Waals surface area contributed by atoms with Crippen molar-refractivity contribution in [3.63, 3.8) is 0 Å². The standard InChI is InChI=1S/C13H13BrO6/c1-17-7-11(13(16)19-3)20-10-5-4-8(14)6-9(10)12(15)18-2/h4-7H,1-3H3. The molecule has 0 atom stereocenters. The lowest BCUT2D eigenvalue weighted by molar-refractivity contribution is -0.138. The second kappa shape index (κ2) is 7.54. The molecule has 0 aliphatic carbocycles. The van der Waals surface area contributed by atoms with E-state index in [-0.39, 0.29) is 17.1 Å². The van der Waals surface area contributed by atoms with E-state index in [1.165, 1.54) is 33.5 Å². The maximum absolute atomic E-state index is 11.7. The number of carbonyl (C=O) groups is 2. The number of rotatable bonds is 5. The fourth-order valence-corrected chi connectivity index (χ4v) is 1.66. The molecule has 0 heterocycles. The van der Waals surface area contributed by atoms with E-state index in [9.17, 15) is 9.59 Å². The van der Waals surface area contributed by atoms with Crippen LogP contribution in [0.15, 0.2) is 34.7 Å². The molecule has 0 radical (unpaired) electrons. The normalized spacial score (nSPS) is 10.7. The zero-order valence-corrected chi connectivity index (χ0v) is 12.7. The first kappa shape index (κ1) is 16.0. The number of benzene rings is 1. The van der Waals surface area contributed by atoms with E-state index in [1.807, 2.05) is 0 Å². The van der Waals surface area contributed by atoms with Gasteiger partial charge < -0.3 is 18.9 Å². The van der Waals surface area contributed by atoms with Gasteiger partial charge in [0.05, 0.1) is 21.3 Å². The van der Waals surface area contributed by atoms with Crippen molar-refractivity contribution in [2.75, 3.05) is 21.3 Å². The van der Waals surface area contributed by atoms with E-state index >= 15 is 0 Å². The quantitative estimate of drug-likeness (QED) is 0.463. The number of hydrogen-bond acceptors (Lipinski definition) is 6. The Kier molecular flexibility index (Phi) is 6.05. The molecule has 0 amide bonds. The number of ether oxygens (including phenoxy) is 4. The van der Waals surface area contributed by atoms with Gasteiger partial charge in [-0.25, -0.2) is 9.59 Å². The number of methoxy groups -OCH3 is 3. The molecule has 1 rings (SSSR count). The van der Waals surface area contributed by atoms with Crippen molar-refractivity contribution in [1.29, 1.82) is 0 Å². The zero-order valence-electron chi connectivity index (χ0n) is 11.1. The molecule has 20 heavy (non-hydrogen) atoms. The highest BCUT2D eigenvalue weighted by Crippen LogP contribution is 2.26. The molecule has 6 nitrogen and oxygen atoms in total. The lowest BCUT2D eigenvalue weighted by Gasteiger charge is -2.11. The molecule has 108 valence electrons. The van der Waals surface area contributed by atoms with Crippen molar-refractivity contribution >= 4 is 27.9 Å². The van der Waals surface area contributed by atoms with E-state index < -0.39 is 11.9 Å². The summed E-state index contributed by atoms with van der Waals surface area (Å²) in [5, 5.41) is 0. The smallest absolute Gasteiger partial charge is 0.377 e.